The van der Waals surface area contributed by atoms with Crippen molar-refractivity contribution in [3.8, 4) is 17.6 Å². The maximum absolute atomic E-state index is 9.47. The predicted molar refractivity (Wildman–Crippen MR) is 188 cm³/mol. The van der Waals surface area contributed by atoms with Gasteiger partial charge in [0, 0.05) is 17.7 Å². The minimum atomic E-state index is 0.311. The normalized spacial score (nSPS) is 14.8. The first-order valence-corrected chi connectivity index (χ1v) is 16.5. The number of benzene rings is 1. The molecule has 0 radical (unpaired) electrons. The molecule has 1 aliphatic rings. The molecule has 0 spiro atoms. The van der Waals surface area contributed by atoms with Crippen LogP contribution in [0, 0.1) is 36.5 Å². The molecular formula is C38H63N3O2. The molecule has 0 saturated heterocycles. The summed E-state index contributed by atoms with van der Waals surface area (Å²) in [5, 5.41) is 9.97. The monoisotopic (exact) mass is 593 g/mol. The fraction of sp³-hybridized carbons (Fsp3) is 0.605. The Morgan fingerprint density at radius 2 is 1.77 bits per heavy atom. The van der Waals surface area contributed by atoms with Crippen molar-refractivity contribution in [2.24, 2.45) is 28.6 Å². The van der Waals surface area contributed by atoms with Gasteiger partial charge in [0.2, 0.25) is 0 Å². The Kier molecular flexibility index (Phi) is 22.1. The van der Waals surface area contributed by atoms with Gasteiger partial charge in [0.05, 0.1) is 19.0 Å². The lowest BCUT2D eigenvalue weighted by Gasteiger charge is -2.15. The number of methoxy groups -OCH3 is 1. The first kappa shape index (κ1) is 40.2. The Morgan fingerprint density at radius 1 is 1.14 bits per heavy atom. The standard InChI is InChI=1S/C24H33N3O2.C9H18.C5H12/c1-7-10-11-13-23(22-15-14-21(29-6)16-18(22)4)19(5)24(12-8-2)26-17-20(9-3)27(25)28;1-3-8(2)9-6-4-5-7-9;1-4-5(2)3/h9,14-17,28H,3,7-8,10,12,25H2,1-2,4-6H3;8-9H,3-7H2,1-2H3;5H,4H2,1-3H3/b20-17+,23-19+,26-24-;;. The second-order valence-electron chi connectivity index (χ2n) is 11.9. The van der Waals surface area contributed by atoms with Gasteiger partial charge in [-0.2, -0.15) is 5.17 Å². The lowest BCUT2D eigenvalue weighted by atomic mass is 9.91. The van der Waals surface area contributed by atoms with Crippen LogP contribution in [0.1, 0.15) is 131 Å². The average molecular weight is 594 g/mol. The van der Waals surface area contributed by atoms with Crippen molar-refractivity contribution < 1.29 is 9.94 Å². The number of allylic oxidation sites excluding steroid dienone is 3. The first-order chi connectivity index (χ1) is 20.5. The minimum absolute atomic E-state index is 0.311. The number of unbranched alkanes of at least 4 members (excludes halogenated alkanes) is 1. The number of nitrogens with zero attached hydrogens (tertiary/aromatic N) is 2. The van der Waals surface area contributed by atoms with Gasteiger partial charge in [0.25, 0.3) is 0 Å². The SMILES string of the molecule is C=C\C(=C/N=C(CCC)\C(C)=C(/C#CCCC)c1ccc(OC)cc1C)N(N)O.CCC(C)C.CCC(C)C1CCCC1. The highest BCUT2D eigenvalue weighted by atomic mass is 16.5. The van der Waals surface area contributed by atoms with Crippen molar-refractivity contribution in [3.63, 3.8) is 0 Å². The molecule has 3 N–H and O–H groups in total. The highest BCUT2D eigenvalue weighted by Crippen LogP contribution is 2.32. The second-order valence-corrected chi connectivity index (χ2v) is 11.9. The Morgan fingerprint density at radius 3 is 2.21 bits per heavy atom. The second kappa shape index (κ2) is 23.6. The van der Waals surface area contributed by atoms with E-state index in [0.717, 1.165) is 77.2 Å². The molecule has 1 aromatic carbocycles. The summed E-state index contributed by atoms with van der Waals surface area (Å²) >= 11 is 0. The van der Waals surface area contributed by atoms with Gasteiger partial charge in [0.1, 0.15) is 5.75 Å². The van der Waals surface area contributed by atoms with Crippen LogP contribution in [-0.4, -0.2) is 23.2 Å². The molecule has 2 rings (SSSR count). The number of rotatable bonds is 12. The summed E-state index contributed by atoms with van der Waals surface area (Å²) in [6, 6.07) is 5.99. The third-order valence-corrected chi connectivity index (χ3v) is 8.08. The fourth-order valence-corrected chi connectivity index (χ4v) is 4.62. The maximum atomic E-state index is 9.47. The summed E-state index contributed by atoms with van der Waals surface area (Å²) in [7, 11) is 1.66. The smallest absolute Gasteiger partial charge is 0.119 e. The Labute approximate surface area is 265 Å². The molecule has 242 valence electrons. The summed E-state index contributed by atoms with van der Waals surface area (Å²) in [6.45, 7) is 23.3. The highest BCUT2D eigenvalue weighted by Gasteiger charge is 2.19. The van der Waals surface area contributed by atoms with E-state index in [-0.39, 0.29) is 0 Å². The topological polar surface area (TPSA) is 71.1 Å². The molecule has 1 unspecified atom stereocenters. The van der Waals surface area contributed by atoms with Crippen molar-refractivity contribution >= 4 is 11.3 Å². The van der Waals surface area contributed by atoms with Crippen molar-refractivity contribution in [2.75, 3.05) is 7.11 Å². The number of hydrogen-bond donors (Lipinski definition) is 2. The summed E-state index contributed by atoms with van der Waals surface area (Å²) < 4.78 is 5.34. The van der Waals surface area contributed by atoms with Crippen LogP contribution in [0.5, 0.6) is 5.75 Å². The van der Waals surface area contributed by atoms with Crippen LogP contribution in [0.25, 0.3) is 5.57 Å². The molecule has 0 aliphatic heterocycles. The highest BCUT2D eigenvalue weighted by molar-refractivity contribution is 6.09. The fourth-order valence-electron chi connectivity index (χ4n) is 4.62. The van der Waals surface area contributed by atoms with E-state index in [1.54, 1.807) is 7.11 Å². The van der Waals surface area contributed by atoms with Crippen molar-refractivity contribution in [1.82, 2.24) is 5.17 Å². The third-order valence-electron chi connectivity index (χ3n) is 8.08. The van der Waals surface area contributed by atoms with E-state index in [2.05, 4.69) is 78.8 Å². The van der Waals surface area contributed by atoms with Gasteiger partial charge in [-0.05, 0) is 85.4 Å². The largest absolute Gasteiger partial charge is 0.497 e. The van der Waals surface area contributed by atoms with Crippen molar-refractivity contribution in [3.05, 3.63) is 59.5 Å². The molecule has 0 amide bonds. The molecule has 0 bridgehead atoms. The summed E-state index contributed by atoms with van der Waals surface area (Å²) in [6.07, 6.45) is 15.2. The van der Waals surface area contributed by atoms with Crippen LogP contribution in [0.2, 0.25) is 0 Å². The van der Waals surface area contributed by atoms with E-state index < -0.39 is 0 Å². The van der Waals surface area contributed by atoms with Crippen LogP contribution >= 0.6 is 0 Å². The van der Waals surface area contributed by atoms with E-state index in [9.17, 15) is 5.21 Å². The first-order valence-electron chi connectivity index (χ1n) is 16.5. The van der Waals surface area contributed by atoms with Crippen molar-refractivity contribution in [2.45, 2.75) is 127 Å². The number of hydrogen-bond acceptors (Lipinski definition) is 5. The number of hydrazine groups is 1. The summed E-state index contributed by atoms with van der Waals surface area (Å²) in [4.78, 5) is 4.60. The molecule has 1 aromatic rings. The van der Waals surface area contributed by atoms with Gasteiger partial charge in [0.15, 0.2) is 0 Å². The van der Waals surface area contributed by atoms with E-state index in [4.69, 9.17) is 10.6 Å². The van der Waals surface area contributed by atoms with Crippen LogP contribution < -0.4 is 10.6 Å². The third kappa shape index (κ3) is 16.0. The molecular weight excluding hydrogens is 530 g/mol. The Hall–Kier alpha value is -2.81. The molecule has 5 nitrogen and oxygen atoms in total. The van der Waals surface area contributed by atoms with E-state index in [1.807, 2.05) is 25.1 Å². The molecule has 1 saturated carbocycles. The van der Waals surface area contributed by atoms with Gasteiger partial charge in [-0.1, -0.05) is 112 Å². The lowest BCUT2D eigenvalue weighted by Crippen LogP contribution is -2.24. The molecule has 1 fully saturated rings. The van der Waals surface area contributed by atoms with Crippen molar-refractivity contribution in [1.29, 1.82) is 0 Å². The zero-order valence-electron chi connectivity index (χ0n) is 29.2. The average Bonchev–Trinajstić information content (AvgIpc) is 3.54. The summed E-state index contributed by atoms with van der Waals surface area (Å²) in [5.74, 6) is 15.8. The van der Waals surface area contributed by atoms with Gasteiger partial charge in [-0.15, -0.1) is 0 Å². The lowest BCUT2D eigenvalue weighted by molar-refractivity contribution is -0.0529. The van der Waals surface area contributed by atoms with E-state index in [0.29, 0.717) is 10.9 Å². The number of aryl methyl sites for hydroxylation is 1. The minimum Gasteiger partial charge on any atom is -0.497 e. The van der Waals surface area contributed by atoms with Crippen LogP contribution in [0.3, 0.4) is 0 Å². The number of aliphatic imine (C=N–C) groups is 1. The Bertz CT molecular complexity index is 1080. The van der Waals surface area contributed by atoms with Gasteiger partial charge < -0.3 is 4.74 Å². The molecule has 1 atom stereocenters. The van der Waals surface area contributed by atoms with E-state index in [1.165, 1.54) is 50.8 Å². The molecule has 0 heterocycles. The zero-order valence-corrected chi connectivity index (χ0v) is 29.2. The van der Waals surface area contributed by atoms with Gasteiger partial charge >= 0.3 is 0 Å². The molecule has 1 aliphatic carbocycles. The van der Waals surface area contributed by atoms with Crippen LogP contribution in [0.15, 0.2) is 53.3 Å². The molecule has 43 heavy (non-hydrogen) atoms. The maximum Gasteiger partial charge on any atom is 0.119 e. The van der Waals surface area contributed by atoms with Crippen LogP contribution in [0.4, 0.5) is 0 Å². The molecule has 0 aromatic heterocycles. The Balaban J connectivity index is 0.00000103. The summed E-state index contributed by atoms with van der Waals surface area (Å²) in [5.41, 5.74) is 5.31. The predicted octanol–water partition coefficient (Wildman–Crippen LogP) is 10.7. The number of nitrogens with two attached hydrogens (primary N) is 1. The van der Waals surface area contributed by atoms with Gasteiger partial charge in [-0.3, -0.25) is 10.2 Å². The van der Waals surface area contributed by atoms with E-state index >= 15 is 0 Å². The number of ether oxygens (including phenoxy) is 1. The molecule has 5 heteroatoms. The van der Waals surface area contributed by atoms with Crippen LogP contribution in [-0.2, 0) is 0 Å². The zero-order chi connectivity index (χ0) is 32.8. The quantitative estimate of drug-likeness (QED) is 0.0831. The van der Waals surface area contributed by atoms with Gasteiger partial charge in [-0.25, -0.2) is 5.84 Å². The number of hydroxylamine groups is 1.